The summed E-state index contributed by atoms with van der Waals surface area (Å²) in [5.41, 5.74) is 4.01. The van der Waals surface area contributed by atoms with E-state index in [-0.39, 0.29) is 11.5 Å². The van der Waals surface area contributed by atoms with Crippen LogP contribution in [0.25, 0.3) is 10.8 Å². The van der Waals surface area contributed by atoms with Crippen molar-refractivity contribution in [2.45, 2.75) is 46.3 Å². The standard InChI is InChI=1S/C26H31N3O4/c1-17(2)28(18(3)4)16-19-9-14-23-22(15-19)7-6-8-24(23)29(33-5)26(31)21-12-10-20(11-13-21)25(30)27-32/h6-15,17-18,32H,16H2,1-5H3,(H,27,30). The van der Waals surface area contributed by atoms with Gasteiger partial charge in [0, 0.05) is 35.1 Å². The minimum absolute atomic E-state index is 0.243. The smallest absolute Gasteiger partial charge is 0.282 e. The fraction of sp³-hybridized carbons (Fsp3) is 0.308. The Kier molecular flexibility index (Phi) is 7.81. The molecule has 0 aromatic heterocycles. The van der Waals surface area contributed by atoms with Crippen molar-refractivity contribution in [2.75, 3.05) is 12.2 Å². The van der Waals surface area contributed by atoms with Gasteiger partial charge in [-0.05, 0) is 75.0 Å². The Bertz CT molecular complexity index is 1120. The van der Waals surface area contributed by atoms with Gasteiger partial charge in [-0.3, -0.25) is 24.5 Å². The maximum absolute atomic E-state index is 13.2. The van der Waals surface area contributed by atoms with Crippen molar-refractivity contribution < 1.29 is 19.6 Å². The molecule has 0 aliphatic heterocycles. The largest absolute Gasteiger partial charge is 0.294 e. The summed E-state index contributed by atoms with van der Waals surface area (Å²) >= 11 is 0. The van der Waals surface area contributed by atoms with E-state index in [9.17, 15) is 9.59 Å². The number of carbonyl (C=O) groups is 2. The van der Waals surface area contributed by atoms with Gasteiger partial charge >= 0.3 is 0 Å². The Hall–Kier alpha value is -3.26. The van der Waals surface area contributed by atoms with Crippen LogP contribution in [0.3, 0.4) is 0 Å². The molecule has 0 heterocycles. The number of anilines is 1. The van der Waals surface area contributed by atoms with Crippen LogP contribution < -0.4 is 10.5 Å². The topological polar surface area (TPSA) is 82.1 Å². The number of amides is 2. The summed E-state index contributed by atoms with van der Waals surface area (Å²) in [5.74, 6) is -1.01. The van der Waals surface area contributed by atoms with E-state index < -0.39 is 5.91 Å². The third-order valence-electron chi connectivity index (χ3n) is 5.69. The average Bonchev–Trinajstić information content (AvgIpc) is 2.82. The Morgan fingerprint density at radius 3 is 2.15 bits per heavy atom. The Balaban J connectivity index is 1.92. The maximum Gasteiger partial charge on any atom is 0.282 e. The van der Waals surface area contributed by atoms with Crippen LogP contribution in [0.15, 0.2) is 60.7 Å². The predicted octanol–water partition coefficient (Wildman–Crippen LogP) is 4.79. The van der Waals surface area contributed by atoms with Gasteiger partial charge in [0.05, 0.1) is 12.8 Å². The molecular formula is C26H31N3O4. The lowest BCUT2D eigenvalue weighted by molar-refractivity contribution is 0.0705. The second-order valence-electron chi connectivity index (χ2n) is 8.49. The summed E-state index contributed by atoms with van der Waals surface area (Å²) in [7, 11) is 1.45. The summed E-state index contributed by atoms with van der Waals surface area (Å²) in [6.45, 7) is 9.64. The number of benzene rings is 3. The monoisotopic (exact) mass is 449 g/mol. The number of hydroxylamine groups is 2. The van der Waals surface area contributed by atoms with Gasteiger partial charge in [-0.15, -0.1) is 0 Å². The van der Waals surface area contributed by atoms with Gasteiger partial charge in [0.25, 0.3) is 11.8 Å². The number of nitrogens with one attached hydrogen (secondary N) is 1. The van der Waals surface area contributed by atoms with Gasteiger partial charge in [-0.2, -0.15) is 5.06 Å². The van der Waals surface area contributed by atoms with E-state index in [0.717, 1.165) is 17.3 Å². The molecule has 0 aliphatic carbocycles. The summed E-state index contributed by atoms with van der Waals surface area (Å²) in [6.07, 6.45) is 0. The predicted molar refractivity (Wildman–Crippen MR) is 129 cm³/mol. The molecule has 0 aliphatic rings. The van der Waals surface area contributed by atoms with E-state index in [1.807, 2.05) is 24.3 Å². The number of nitrogens with zero attached hydrogens (tertiary/aromatic N) is 2. The molecule has 0 bridgehead atoms. The first-order valence-corrected chi connectivity index (χ1v) is 11.0. The van der Waals surface area contributed by atoms with Crippen LogP contribution in [-0.2, 0) is 11.4 Å². The van der Waals surface area contributed by atoms with E-state index in [4.69, 9.17) is 10.0 Å². The third-order valence-corrected chi connectivity index (χ3v) is 5.69. The molecule has 33 heavy (non-hydrogen) atoms. The fourth-order valence-electron chi connectivity index (χ4n) is 4.00. The summed E-state index contributed by atoms with van der Waals surface area (Å²) in [6, 6.07) is 18.9. The molecule has 174 valence electrons. The second-order valence-corrected chi connectivity index (χ2v) is 8.49. The molecule has 0 saturated carbocycles. The Morgan fingerprint density at radius 2 is 1.58 bits per heavy atom. The van der Waals surface area contributed by atoms with Crippen LogP contribution in [0.4, 0.5) is 5.69 Å². The van der Waals surface area contributed by atoms with Crippen LogP contribution in [-0.4, -0.2) is 41.1 Å². The zero-order valence-corrected chi connectivity index (χ0v) is 19.7. The van der Waals surface area contributed by atoms with Crippen molar-refractivity contribution in [3.63, 3.8) is 0 Å². The van der Waals surface area contributed by atoms with Gasteiger partial charge < -0.3 is 0 Å². The molecule has 3 rings (SSSR count). The molecule has 7 nitrogen and oxygen atoms in total. The average molecular weight is 450 g/mol. The first kappa shape index (κ1) is 24.4. The lowest BCUT2D eigenvalue weighted by Gasteiger charge is -2.30. The SMILES string of the molecule is CON(C(=O)c1ccc(C(=O)NO)cc1)c1cccc2cc(CN(C(C)C)C(C)C)ccc12. The van der Waals surface area contributed by atoms with Crippen LogP contribution >= 0.6 is 0 Å². The molecule has 0 saturated heterocycles. The number of rotatable bonds is 8. The van der Waals surface area contributed by atoms with Crippen molar-refractivity contribution in [2.24, 2.45) is 0 Å². The molecule has 3 aromatic rings. The van der Waals surface area contributed by atoms with E-state index >= 15 is 0 Å². The van der Waals surface area contributed by atoms with Crippen LogP contribution in [0, 0.1) is 0 Å². The summed E-state index contributed by atoms with van der Waals surface area (Å²) < 4.78 is 0. The number of fused-ring (bicyclic) bond motifs is 1. The molecule has 2 amide bonds. The normalized spacial score (nSPS) is 11.4. The molecule has 7 heteroatoms. The highest BCUT2D eigenvalue weighted by Gasteiger charge is 2.21. The van der Waals surface area contributed by atoms with Gasteiger partial charge in [-0.25, -0.2) is 5.48 Å². The maximum atomic E-state index is 13.2. The highest BCUT2D eigenvalue weighted by molar-refractivity contribution is 6.10. The van der Waals surface area contributed by atoms with Crippen molar-refractivity contribution in [1.82, 2.24) is 10.4 Å². The van der Waals surface area contributed by atoms with Crippen molar-refractivity contribution in [1.29, 1.82) is 0 Å². The minimum Gasteiger partial charge on any atom is -0.294 e. The van der Waals surface area contributed by atoms with Crippen molar-refractivity contribution in [3.05, 3.63) is 77.4 Å². The molecular weight excluding hydrogens is 418 g/mol. The van der Waals surface area contributed by atoms with E-state index in [1.165, 1.54) is 42.0 Å². The van der Waals surface area contributed by atoms with Gasteiger partial charge in [-0.1, -0.05) is 24.3 Å². The van der Waals surface area contributed by atoms with Gasteiger partial charge in [0.2, 0.25) is 0 Å². The van der Waals surface area contributed by atoms with E-state index in [1.54, 1.807) is 5.48 Å². The van der Waals surface area contributed by atoms with Crippen LogP contribution in [0.2, 0.25) is 0 Å². The van der Waals surface area contributed by atoms with Gasteiger partial charge in [0.1, 0.15) is 0 Å². The lowest BCUT2D eigenvalue weighted by Crippen LogP contribution is -2.36. The zero-order valence-electron chi connectivity index (χ0n) is 19.7. The highest BCUT2D eigenvalue weighted by Crippen LogP contribution is 2.29. The molecule has 2 N–H and O–H groups in total. The third kappa shape index (κ3) is 5.39. The number of hydrogen-bond donors (Lipinski definition) is 2. The number of hydrogen-bond acceptors (Lipinski definition) is 5. The molecule has 0 spiro atoms. The quantitative estimate of drug-likeness (QED) is 0.382. The molecule has 0 fully saturated rings. The first-order valence-electron chi connectivity index (χ1n) is 11.0. The Labute approximate surface area is 194 Å². The minimum atomic E-state index is -0.643. The molecule has 0 unspecified atom stereocenters. The highest BCUT2D eigenvalue weighted by atomic mass is 16.7. The molecule has 0 atom stereocenters. The zero-order chi connectivity index (χ0) is 24.1. The van der Waals surface area contributed by atoms with E-state index in [0.29, 0.717) is 23.3 Å². The van der Waals surface area contributed by atoms with E-state index in [2.05, 4.69) is 44.7 Å². The molecule has 3 aromatic carbocycles. The van der Waals surface area contributed by atoms with Gasteiger partial charge in [0.15, 0.2) is 0 Å². The lowest BCUT2D eigenvalue weighted by atomic mass is 10.0. The van der Waals surface area contributed by atoms with Crippen LogP contribution in [0.1, 0.15) is 54.0 Å². The second kappa shape index (κ2) is 10.6. The summed E-state index contributed by atoms with van der Waals surface area (Å²) in [5, 5.41) is 11.9. The summed E-state index contributed by atoms with van der Waals surface area (Å²) in [4.78, 5) is 32.6. The van der Waals surface area contributed by atoms with Crippen molar-refractivity contribution in [3.8, 4) is 0 Å². The number of carbonyl (C=O) groups excluding carboxylic acids is 2. The Morgan fingerprint density at radius 1 is 0.939 bits per heavy atom. The fourth-order valence-corrected chi connectivity index (χ4v) is 4.00. The van der Waals surface area contributed by atoms with Crippen LogP contribution in [0.5, 0.6) is 0 Å². The molecule has 0 radical (unpaired) electrons. The first-order chi connectivity index (χ1) is 15.8. The van der Waals surface area contributed by atoms with Crippen molar-refractivity contribution >= 4 is 28.3 Å².